The van der Waals surface area contributed by atoms with E-state index < -0.39 is 23.2 Å². The molecule has 0 radical (unpaired) electrons. The number of benzene rings is 1. The van der Waals surface area contributed by atoms with Crippen LogP contribution in [0, 0.1) is 5.82 Å². The molecule has 6 heteroatoms. The van der Waals surface area contributed by atoms with E-state index in [1.54, 1.807) is 6.07 Å². The molecule has 102 valence electrons. The lowest BCUT2D eigenvalue weighted by Crippen LogP contribution is -2.43. The van der Waals surface area contributed by atoms with Gasteiger partial charge in [0.05, 0.1) is 13.5 Å². The van der Waals surface area contributed by atoms with Gasteiger partial charge in [-0.2, -0.15) is 0 Å². The second-order valence-electron chi connectivity index (χ2n) is 4.58. The van der Waals surface area contributed by atoms with Crippen LogP contribution in [0.3, 0.4) is 0 Å². The molecule has 19 heavy (non-hydrogen) atoms. The zero-order chi connectivity index (χ0) is 14.0. The maximum absolute atomic E-state index is 13.4. The van der Waals surface area contributed by atoms with Gasteiger partial charge >= 0.3 is 5.97 Å². The summed E-state index contributed by atoms with van der Waals surface area (Å²) in [5.41, 5.74) is -0.640. The second-order valence-corrected chi connectivity index (χ2v) is 4.58. The molecule has 1 fully saturated rings. The van der Waals surface area contributed by atoms with Gasteiger partial charge in [-0.15, -0.1) is 0 Å². The van der Waals surface area contributed by atoms with Crippen LogP contribution in [0.2, 0.25) is 0 Å². The van der Waals surface area contributed by atoms with Crippen molar-refractivity contribution in [2.24, 2.45) is 0 Å². The highest BCUT2D eigenvalue weighted by molar-refractivity contribution is 5.90. The summed E-state index contributed by atoms with van der Waals surface area (Å²) in [5.74, 6) is -1.90. The Morgan fingerprint density at radius 1 is 1.47 bits per heavy atom. The lowest BCUT2D eigenvalue weighted by Gasteiger charge is -2.12. The SMILES string of the molecule is COc1ccc(CC(=O)NC2(C(=O)O)CC2)cc1F. The van der Waals surface area contributed by atoms with E-state index in [9.17, 15) is 14.0 Å². The van der Waals surface area contributed by atoms with Crippen LogP contribution in [0.5, 0.6) is 5.75 Å². The summed E-state index contributed by atoms with van der Waals surface area (Å²) in [4.78, 5) is 22.6. The Bertz CT molecular complexity index is 525. The first-order valence-corrected chi connectivity index (χ1v) is 5.84. The first kappa shape index (κ1) is 13.3. The van der Waals surface area contributed by atoms with E-state index in [-0.39, 0.29) is 12.2 Å². The molecule has 0 aromatic heterocycles. The van der Waals surface area contributed by atoms with Crippen LogP contribution >= 0.6 is 0 Å². The summed E-state index contributed by atoms with van der Waals surface area (Å²) < 4.78 is 18.2. The van der Waals surface area contributed by atoms with Crippen LogP contribution in [0.4, 0.5) is 4.39 Å². The third-order valence-electron chi connectivity index (χ3n) is 3.12. The average molecular weight is 267 g/mol. The molecule has 1 aliphatic carbocycles. The average Bonchev–Trinajstić information content (AvgIpc) is 3.10. The lowest BCUT2D eigenvalue weighted by molar-refractivity contribution is -0.143. The van der Waals surface area contributed by atoms with Gasteiger partial charge in [-0.25, -0.2) is 9.18 Å². The van der Waals surface area contributed by atoms with Gasteiger partial charge in [-0.1, -0.05) is 6.07 Å². The molecule has 2 N–H and O–H groups in total. The number of amides is 1. The summed E-state index contributed by atoms with van der Waals surface area (Å²) in [6.07, 6.45) is 0.812. The summed E-state index contributed by atoms with van der Waals surface area (Å²) in [7, 11) is 1.36. The van der Waals surface area contributed by atoms with Crippen LogP contribution in [0.25, 0.3) is 0 Å². The molecule has 0 saturated heterocycles. The number of carboxylic acids is 1. The van der Waals surface area contributed by atoms with Gasteiger partial charge in [0.15, 0.2) is 11.6 Å². The maximum Gasteiger partial charge on any atom is 0.329 e. The van der Waals surface area contributed by atoms with Gasteiger partial charge in [0.1, 0.15) is 5.54 Å². The van der Waals surface area contributed by atoms with Crippen molar-refractivity contribution in [3.63, 3.8) is 0 Å². The van der Waals surface area contributed by atoms with Gasteiger partial charge in [0.25, 0.3) is 0 Å². The van der Waals surface area contributed by atoms with Crippen molar-refractivity contribution in [3.8, 4) is 5.75 Å². The molecular formula is C13H14FNO4. The Morgan fingerprint density at radius 2 is 2.16 bits per heavy atom. The second kappa shape index (κ2) is 4.87. The topological polar surface area (TPSA) is 75.6 Å². The number of methoxy groups -OCH3 is 1. The predicted octanol–water partition coefficient (Wildman–Crippen LogP) is 1.11. The van der Waals surface area contributed by atoms with E-state index in [0.717, 1.165) is 0 Å². The van der Waals surface area contributed by atoms with Gasteiger partial charge in [0.2, 0.25) is 5.91 Å². The normalized spacial score (nSPS) is 15.7. The molecule has 2 rings (SSSR count). The van der Waals surface area contributed by atoms with Crippen molar-refractivity contribution in [1.82, 2.24) is 5.32 Å². The number of carboxylic acid groups (broad SMARTS) is 1. The molecule has 1 aliphatic rings. The zero-order valence-electron chi connectivity index (χ0n) is 10.4. The van der Waals surface area contributed by atoms with Crippen LogP contribution < -0.4 is 10.1 Å². The number of halogens is 1. The van der Waals surface area contributed by atoms with E-state index in [1.165, 1.54) is 19.2 Å². The van der Waals surface area contributed by atoms with Crippen LogP contribution in [0.15, 0.2) is 18.2 Å². The summed E-state index contributed by atoms with van der Waals surface area (Å²) in [5, 5.41) is 11.4. The molecule has 1 aromatic rings. The molecular weight excluding hydrogens is 253 g/mol. The fourth-order valence-electron chi connectivity index (χ4n) is 1.83. The Labute approximate surface area is 109 Å². The van der Waals surface area contributed by atoms with Crippen molar-refractivity contribution < 1.29 is 23.8 Å². The van der Waals surface area contributed by atoms with Crippen molar-refractivity contribution in [3.05, 3.63) is 29.6 Å². The number of aliphatic carboxylic acids is 1. The number of rotatable bonds is 5. The third-order valence-corrected chi connectivity index (χ3v) is 3.12. The van der Waals surface area contributed by atoms with Crippen LogP contribution in [-0.2, 0) is 16.0 Å². The summed E-state index contributed by atoms with van der Waals surface area (Å²) in [6, 6.07) is 4.21. The highest BCUT2D eigenvalue weighted by Crippen LogP contribution is 2.35. The predicted molar refractivity (Wildman–Crippen MR) is 64.4 cm³/mol. The van der Waals surface area contributed by atoms with E-state index in [2.05, 4.69) is 5.32 Å². The number of hydrogen-bond donors (Lipinski definition) is 2. The van der Waals surface area contributed by atoms with Crippen LogP contribution in [0.1, 0.15) is 18.4 Å². The first-order valence-electron chi connectivity index (χ1n) is 5.84. The van der Waals surface area contributed by atoms with E-state index >= 15 is 0 Å². The summed E-state index contributed by atoms with van der Waals surface area (Å²) >= 11 is 0. The third kappa shape index (κ3) is 2.83. The minimum atomic E-state index is -1.11. The Kier molecular flexibility index (Phi) is 3.42. The molecule has 0 spiro atoms. The van der Waals surface area contributed by atoms with Gasteiger partial charge in [-0.3, -0.25) is 4.79 Å². The molecule has 0 aliphatic heterocycles. The maximum atomic E-state index is 13.4. The monoisotopic (exact) mass is 267 g/mol. The quantitative estimate of drug-likeness (QED) is 0.838. The van der Waals surface area contributed by atoms with Crippen molar-refractivity contribution in [2.45, 2.75) is 24.8 Å². The fraction of sp³-hybridized carbons (Fsp3) is 0.385. The number of nitrogens with one attached hydrogen (secondary N) is 1. The van der Waals surface area contributed by atoms with Crippen molar-refractivity contribution in [2.75, 3.05) is 7.11 Å². The summed E-state index contributed by atoms with van der Waals surface area (Å²) in [6.45, 7) is 0. The number of ether oxygens (including phenoxy) is 1. The molecule has 0 heterocycles. The molecule has 0 unspecified atom stereocenters. The van der Waals surface area contributed by atoms with Crippen molar-refractivity contribution >= 4 is 11.9 Å². The minimum Gasteiger partial charge on any atom is -0.494 e. The van der Waals surface area contributed by atoms with E-state index in [1.807, 2.05) is 0 Å². The first-order chi connectivity index (χ1) is 8.97. The molecule has 5 nitrogen and oxygen atoms in total. The highest BCUT2D eigenvalue weighted by atomic mass is 19.1. The van der Waals surface area contributed by atoms with E-state index in [4.69, 9.17) is 9.84 Å². The lowest BCUT2D eigenvalue weighted by atomic mass is 10.1. The zero-order valence-corrected chi connectivity index (χ0v) is 10.4. The Morgan fingerprint density at radius 3 is 2.63 bits per heavy atom. The molecule has 1 saturated carbocycles. The van der Waals surface area contributed by atoms with Gasteiger partial charge in [-0.05, 0) is 30.5 Å². The Hall–Kier alpha value is -2.11. The van der Waals surface area contributed by atoms with Gasteiger partial charge in [0, 0.05) is 0 Å². The van der Waals surface area contributed by atoms with E-state index in [0.29, 0.717) is 18.4 Å². The smallest absolute Gasteiger partial charge is 0.329 e. The largest absolute Gasteiger partial charge is 0.494 e. The number of hydrogen-bond acceptors (Lipinski definition) is 3. The molecule has 1 aromatic carbocycles. The minimum absolute atomic E-state index is 0.0596. The Balaban J connectivity index is 2.00. The van der Waals surface area contributed by atoms with Crippen LogP contribution in [-0.4, -0.2) is 29.6 Å². The fourth-order valence-corrected chi connectivity index (χ4v) is 1.83. The number of carbonyl (C=O) groups is 2. The number of carbonyl (C=O) groups excluding carboxylic acids is 1. The molecule has 0 atom stereocenters. The highest BCUT2D eigenvalue weighted by Gasteiger charge is 2.51. The van der Waals surface area contributed by atoms with Crippen molar-refractivity contribution in [1.29, 1.82) is 0 Å². The molecule has 1 amide bonds. The van der Waals surface area contributed by atoms with Gasteiger partial charge < -0.3 is 15.2 Å². The molecule has 0 bridgehead atoms. The standard InChI is InChI=1S/C13H14FNO4/c1-19-10-3-2-8(6-9(10)14)7-11(16)15-13(4-5-13)12(17)18/h2-3,6H,4-5,7H2,1H3,(H,15,16)(H,17,18).